The summed E-state index contributed by atoms with van der Waals surface area (Å²) in [6, 6.07) is 9.74. The van der Waals surface area contributed by atoms with Crippen LogP contribution in [-0.4, -0.2) is 34.3 Å². The molecule has 1 unspecified atom stereocenters. The lowest BCUT2D eigenvalue weighted by molar-refractivity contribution is -0.298. The van der Waals surface area contributed by atoms with Gasteiger partial charge >= 0.3 is 0 Å². The Morgan fingerprint density at radius 2 is 1.68 bits per heavy atom. The lowest BCUT2D eigenvalue weighted by Crippen LogP contribution is -2.67. The van der Waals surface area contributed by atoms with Crippen molar-refractivity contribution < 1.29 is 9.63 Å². The zero-order valence-electron chi connectivity index (χ0n) is 14.4. The number of anilines is 1. The number of nitrogens with one attached hydrogen (secondary N) is 1. The van der Waals surface area contributed by atoms with Crippen molar-refractivity contribution in [3.05, 3.63) is 30.3 Å². The number of rotatable bonds is 2. The van der Waals surface area contributed by atoms with Crippen molar-refractivity contribution in [2.24, 2.45) is 5.41 Å². The molecule has 1 aliphatic heterocycles. The predicted octanol–water partition coefficient (Wildman–Crippen LogP) is 3.26. The van der Waals surface area contributed by atoms with Crippen molar-refractivity contribution in [3.63, 3.8) is 0 Å². The van der Waals surface area contributed by atoms with E-state index in [-0.39, 0.29) is 29.6 Å². The van der Waals surface area contributed by atoms with Gasteiger partial charge in [-0.1, -0.05) is 39.0 Å². The Morgan fingerprint density at radius 3 is 2.18 bits per heavy atom. The fourth-order valence-electron chi connectivity index (χ4n) is 2.58. The molecule has 0 aliphatic carbocycles. The zero-order valence-corrected chi connectivity index (χ0v) is 14.4. The molecule has 0 aromatic heterocycles. The van der Waals surface area contributed by atoms with Gasteiger partial charge in [0.25, 0.3) is 5.91 Å². The standard InChI is InChI=1S/C17H27N3O2/c1-16(2,3)15-19(18-13-10-8-7-9-11-13)14(21)12-22-20(15)17(4,5)6/h7-11,15,18H,12H2,1-6H3. The van der Waals surface area contributed by atoms with Crippen LogP contribution in [0.3, 0.4) is 0 Å². The Morgan fingerprint density at radius 1 is 1.09 bits per heavy atom. The first-order chi connectivity index (χ1) is 10.1. The van der Waals surface area contributed by atoms with Crippen molar-refractivity contribution in [2.45, 2.75) is 53.2 Å². The van der Waals surface area contributed by atoms with Gasteiger partial charge in [-0.05, 0) is 38.3 Å². The van der Waals surface area contributed by atoms with Gasteiger partial charge in [0.05, 0.1) is 5.69 Å². The summed E-state index contributed by atoms with van der Waals surface area (Å²) in [4.78, 5) is 18.2. The van der Waals surface area contributed by atoms with Gasteiger partial charge in [-0.3, -0.25) is 15.1 Å². The molecule has 0 spiro atoms. The van der Waals surface area contributed by atoms with Crippen LogP contribution >= 0.6 is 0 Å². The molecule has 1 aromatic rings. The minimum absolute atomic E-state index is 0.0453. The summed E-state index contributed by atoms with van der Waals surface area (Å²) in [5.41, 5.74) is 3.75. The second-order valence-corrected chi connectivity index (χ2v) is 7.75. The number of para-hydroxylation sites is 1. The van der Waals surface area contributed by atoms with Crippen molar-refractivity contribution >= 4 is 11.6 Å². The third-order valence-electron chi connectivity index (χ3n) is 3.52. The van der Waals surface area contributed by atoms with Crippen LogP contribution in [0.4, 0.5) is 5.69 Å². The highest BCUT2D eigenvalue weighted by molar-refractivity contribution is 5.79. The van der Waals surface area contributed by atoms with E-state index in [1.54, 1.807) is 5.01 Å². The van der Waals surface area contributed by atoms with E-state index < -0.39 is 0 Å². The van der Waals surface area contributed by atoms with E-state index in [1.807, 2.05) is 35.4 Å². The van der Waals surface area contributed by atoms with E-state index >= 15 is 0 Å². The molecular weight excluding hydrogens is 278 g/mol. The van der Waals surface area contributed by atoms with Gasteiger partial charge in [0.2, 0.25) is 0 Å². The summed E-state index contributed by atoms with van der Waals surface area (Å²) in [5.74, 6) is -0.0655. The second-order valence-electron chi connectivity index (χ2n) is 7.75. The molecule has 2 rings (SSSR count). The van der Waals surface area contributed by atoms with Gasteiger partial charge in [-0.2, -0.15) is 5.06 Å². The van der Waals surface area contributed by atoms with Crippen LogP contribution in [0.15, 0.2) is 30.3 Å². The summed E-state index contributed by atoms with van der Waals surface area (Å²) in [7, 11) is 0. The van der Waals surface area contributed by atoms with Crippen molar-refractivity contribution in [2.75, 3.05) is 12.0 Å². The largest absolute Gasteiger partial charge is 0.294 e. The lowest BCUT2D eigenvalue weighted by atomic mass is 9.89. The van der Waals surface area contributed by atoms with Gasteiger partial charge in [-0.25, -0.2) is 5.01 Å². The molecule has 5 heteroatoms. The average molecular weight is 305 g/mol. The molecule has 1 atom stereocenters. The molecule has 122 valence electrons. The first kappa shape index (κ1) is 16.8. The molecule has 1 saturated heterocycles. The highest BCUT2D eigenvalue weighted by Gasteiger charge is 2.47. The van der Waals surface area contributed by atoms with E-state index in [9.17, 15) is 4.79 Å². The molecule has 22 heavy (non-hydrogen) atoms. The van der Waals surface area contributed by atoms with Crippen LogP contribution in [-0.2, 0) is 9.63 Å². The number of hydrogen-bond acceptors (Lipinski definition) is 4. The van der Waals surface area contributed by atoms with E-state index in [1.165, 1.54) is 0 Å². The van der Waals surface area contributed by atoms with Crippen LogP contribution in [0.25, 0.3) is 0 Å². The molecule has 1 N–H and O–H groups in total. The topological polar surface area (TPSA) is 44.8 Å². The predicted molar refractivity (Wildman–Crippen MR) is 87.7 cm³/mol. The molecule has 1 fully saturated rings. The van der Waals surface area contributed by atoms with E-state index in [0.717, 1.165) is 5.69 Å². The molecule has 1 amide bonds. The van der Waals surface area contributed by atoms with Gasteiger partial charge in [-0.15, -0.1) is 0 Å². The number of carbonyl (C=O) groups excluding carboxylic acids is 1. The van der Waals surface area contributed by atoms with Crippen LogP contribution in [0.5, 0.6) is 0 Å². The monoisotopic (exact) mass is 305 g/mol. The Balaban J connectivity index is 2.36. The third-order valence-corrected chi connectivity index (χ3v) is 3.52. The van der Waals surface area contributed by atoms with Gasteiger partial charge < -0.3 is 0 Å². The summed E-state index contributed by atoms with van der Waals surface area (Å²) < 4.78 is 0. The van der Waals surface area contributed by atoms with Crippen molar-refractivity contribution in [1.29, 1.82) is 0 Å². The Hall–Kier alpha value is -1.59. The maximum atomic E-state index is 12.4. The Labute approximate surface area is 133 Å². The molecular formula is C17H27N3O2. The molecule has 0 bridgehead atoms. The Kier molecular flexibility index (Phi) is 4.49. The summed E-state index contributed by atoms with van der Waals surface area (Å²) in [5, 5.41) is 3.62. The second kappa shape index (κ2) is 5.89. The molecule has 1 heterocycles. The van der Waals surface area contributed by atoms with E-state index in [4.69, 9.17) is 4.84 Å². The average Bonchev–Trinajstić information content (AvgIpc) is 2.39. The summed E-state index contributed by atoms with van der Waals surface area (Å²) in [6.07, 6.45) is -0.214. The van der Waals surface area contributed by atoms with Crippen LogP contribution in [0, 0.1) is 5.41 Å². The quantitative estimate of drug-likeness (QED) is 0.911. The van der Waals surface area contributed by atoms with Crippen molar-refractivity contribution in [3.8, 4) is 0 Å². The first-order valence-corrected chi connectivity index (χ1v) is 7.67. The number of hydrogen-bond donors (Lipinski definition) is 1. The molecule has 5 nitrogen and oxygen atoms in total. The highest BCUT2D eigenvalue weighted by Crippen LogP contribution is 2.35. The van der Waals surface area contributed by atoms with Gasteiger partial charge in [0.15, 0.2) is 0 Å². The normalized spacial score (nSPS) is 21.1. The fourth-order valence-corrected chi connectivity index (χ4v) is 2.58. The minimum Gasteiger partial charge on any atom is -0.294 e. The smallest absolute Gasteiger partial charge is 0.270 e. The van der Waals surface area contributed by atoms with Gasteiger partial charge in [0.1, 0.15) is 12.8 Å². The number of hydroxylamine groups is 2. The zero-order chi connectivity index (χ0) is 16.5. The van der Waals surface area contributed by atoms with Gasteiger partial charge in [0, 0.05) is 5.54 Å². The van der Waals surface area contributed by atoms with E-state index in [0.29, 0.717) is 0 Å². The summed E-state index contributed by atoms with van der Waals surface area (Å²) >= 11 is 0. The molecule has 0 saturated carbocycles. The maximum absolute atomic E-state index is 12.4. The molecule has 0 radical (unpaired) electrons. The fraction of sp³-hybridized carbons (Fsp3) is 0.588. The van der Waals surface area contributed by atoms with Crippen LogP contribution < -0.4 is 5.43 Å². The summed E-state index contributed by atoms with van der Waals surface area (Å²) in [6.45, 7) is 12.6. The number of benzene rings is 1. The Bertz CT molecular complexity index is 517. The first-order valence-electron chi connectivity index (χ1n) is 7.67. The number of hydrazine groups is 1. The number of carbonyl (C=O) groups is 1. The van der Waals surface area contributed by atoms with E-state index in [2.05, 4.69) is 47.0 Å². The molecule has 1 aliphatic rings. The maximum Gasteiger partial charge on any atom is 0.270 e. The SMILES string of the molecule is CC(C)(C)C1N(Nc2ccccc2)C(=O)CON1C(C)(C)C. The number of amides is 1. The van der Waals surface area contributed by atoms with Crippen LogP contribution in [0.1, 0.15) is 41.5 Å². The number of nitrogens with zero attached hydrogens (tertiary/aromatic N) is 2. The molecule has 1 aromatic carbocycles. The third kappa shape index (κ3) is 3.59. The highest BCUT2D eigenvalue weighted by atomic mass is 16.7. The lowest BCUT2D eigenvalue weighted by Gasteiger charge is -2.52. The minimum atomic E-state index is -0.214. The van der Waals surface area contributed by atoms with Crippen molar-refractivity contribution in [1.82, 2.24) is 10.1 Å². The van der Waals surface area contributed by atoms with Crippen LogP contribution in [0.2, 0.25) is 0 Å².